The van der Waals surface area contributed by atoms with Crippen molar-refractivity contribution in [2.45, 2.75) is 0 Å². The number of rotatable bonds is 3. The van der Waals surface area contributed by atoms with Gasteiger partial charge in [0, 0.05) is 11.3 Å². The van der Waals surface area contributed by atoms with Crippen LogP contribution in [0.5, 0.6) is 0 Å². The predicted octanol–water partition coefficient (Wildman–Crippen LogP) is 2.28. The van der Waals surface area contributed by atoms with Gasteiger partial charge >= 0.3 is 0 Å². The Bertz CT molecular complexity index is 531. The molecule has 1 aromatic heterocycles. The van der Waals surface area contributed by atoms with Crippen LogP contribution in [0.4, 0.5) is 5.69 Å². The summed E-state index contributed by atoms with van der Waals surface area (Å²) in [5.74, 6) is -0.114. The zero-order valence-electron chi connectivity index (χ0n) is 8.94. The van der Waals surface area contributed by atoms with E-state index in [0.29, 0.717) is 16.1 Å². The van der Waals surface area contributed by atoms with Crippen LogP contribution in [0.2, 0.25) is 0 Å². The fourth-order valence-corrected chi connectivity index (χ4v) is 1.95. The number of nitrogens with one attached hydrogen (secondary N) is 2. The van der Waals surface area contributed by atoms with Gasteiger partial charge in [0.15, 0.2) is 0 Å². The zero-order chi connectivity index (χ0) is 12.3. The first-order valence-electron chi connectivity index (χ1n) is 4.96. The Morgan fingerprint density at radius 2 is 1.94 bits per heavy atom. The number of benzene rings is 1. The van der Waals surface area contributed by atoms with Gasteiger partial charge in [-0.25, -0.2) is 0 Å². The summed E-state index contributed by atoms with van der Waals surface area (Å²) in [6.45, 7) is 0. The highest BCUT2D eigenvalue weighted by Crippen LogP contribution is 2.13. The maximum Gasteiger partial charge on any atom is 0.265 e. The number of hydrogen-bond acceptors (Lipinski definition) is 3. The van der Waals surface area contributed by atoms with Gasteiger partial charge in [-0.05, 0) is 35.7 Å². The van der Waals surface area contributed by atoms with Crippen molar-refractivity contribution in [2.75, 3.05) is 5.32 Å². The SMILES string of the molecule is N=C(N)c1ccc(NC(=O)c2cccs2)cc1. The fourth-order valence-electron chi connectivity index (χ4n) is 1.33. The van der Waals surface area contributed by atoms with Gasteiger partial charge in [0.2, 0.25) is 0 Å². The van der Waals surface area contributed by atoms with E-state index in [9.17, 15) is 4.79 Å². The Hall–Kier alpha value is -2.14. The number of thiophene rings is 1. The number of carbonyl (C=O) groups excluding carboxylic acids is 1. The first-order valence-corrected chi connectivity index (χ1v) is 5.84. The van der Waals surface area contributed by atoms with E-state index in [1.807, 2.05) is 11.4 Å². The first kappa shape index (κ1) is 11.3. The van der Waals surface area contributed by atoms with E-state index in [1.165, 1.54) is 11.3 Å². The van der Waals surface area contributed by atoms with Crippen LogP contribution in [0, 0.1) is 5.41 Å². The molecule has 2 aromatic rings. The molecule has 0 atom stereocenters. The van der Waals surface area contributed by atoms with Gasteiger partial charge in [0.25, 0.3) is 5.91 Å². The highest BCUT2D eigenvalue weighted by atomic mass is 32.1. The molecule has 0 fully saturated rings. The molecular formula is C12H11N3OS. The van der Waals surface area contributed by atoms with Gasteiger partial charge in [-0.2, -0.15) is 0 Å². The summed E-state index contributed by atoms with van der Waals surface area (Å²) in [5, 5.41) is 11.9. The van der Waals surface area contributed by atoms with Crippen LogP contribution in [0.1, 0.15) is 15.2 Å². The molecule has 0 saturated heterocycles. The monoisotopic (exact) mass is 245 g/mol. The van der Waals surface area contributed by atoms with Crippen LogP contribution >= 0.6 is 11.3 Å². The third-order valence-electron chi connectivity index (χ3n) is 2.20. The zero-order valence-corrected chi connectivity index (χ0v) is 9.75. The van der Waals surface area contributed by atoms with Crippen LogP contribution in [0.3, 0.4) is 0 Å². The summed E-state index contributed by atoms with van der Waals surface area (Å²) in [5.41, 5.74) is 6.67. The van der Waals surface area contributed by atoms with Crippen molar-refractivity contribution in [1.29, 1.82) is 5.41 Å². The van der Waals surface area contributed by atoms with Crippen LogP contribution in [-0.4, -0.2) is 11.7 Å². The summed E-state index contributed by atoms with van der Waals surface area (Å²) < 4.78 is 0. The molecule has 1 amide bonds. The number of anilines is 1. The fraction of sp³-hybridized carbons (Fsp3) is 0. The summed E-state index contributed by atoms with van der Waals surface area (Å²) in [4.78, 5) is 12.4. The van der Waals surface area contributed by atoms with Crippen molar-refractivity contribution in [1.82, 2.24) is 0 Å². The van der Waals surface area contributed by atoms with Crippen molar-refractivity contribution >= 4 is 28.8 Å². The van der Waals surface area contributed by atoms with Crippen molar-refractivity contribution < 1.29 is 4.79 Å². The van der Waals surface area contributed by atoms with Gasteiger partial charge in [-0.1, -0.05) is 6.07 Å². The first-order chi connectivity index (χ1) is 8.16. The lowest BCUT2D eigenvalue weighted by Crippen LogP contribution is -2.12. The van der Waals surface area contributed by atoms with E-state index < -0.39 is 0 Å². The van der Waals surface area contributed by atoms with Crippen LogP contribution < -0.4 is 11.1 Å². The lowest BCUT2D eigenvalue weighted by atomic mass is 10.2. The van der Waals surface area contributed by atoms with E-state index in [4.69, 9.17) is 11.1 Å². The average Bonchev–Trinajstić information content (AvgIpc) is 2.83. The van der Waals surface area contributed by atoms with Gasteiger partial charge in [-0.15, -0.1) is 11.3 Å². The van der Waals surface area contributed by atoms with Crippen molar-refractivity contribution in [2.24, 2.45) is 5.73 Å². The second kappa shape index (κ2) is 4.80. The molecule has 4 N–H and O–H groups in total. The molecule has 2 rings (SSSR count). The molecule has 4 nitrogen and oxygen atoms in total. The normalized spacial score (nSPS) is 9.88. The second-order valence-electron chi connectivity index (χ2n) is 3.42. The Balaban J connectivity index is 2.09. The molecule has 5 heteroatoms. The third-order valence-corrected chi connectivity index (χ3v) is 3.07. The van der Waals surface area contributed by atoms with Gasteiger partial charge < -0.3 is 11.1 Å². The number of nitrogens with two attached hydrogens (primary N) is 1. The number of carbonyl (C=O) groups is 1. The maximum absolute atomic E-state index is 11.7. The highest BCUT2D eigenvalue weighted by Gasteiger charge is 2.06. The lowest BCUT2D eigenvalue weighted by molar-refractivity contribution is 0.103. The van der Waals surface area contributed by atoms with E-state index in [2.05, 4.69) is 5.32 Å². The third kappa shape index (κ3) is 2.70. The number of hydrogen-bond donors (Lipinski definition) is 3. The Morgan fingerprint density at radius 3 is 2.47 bits per heavy atom. The van der Waals surface area contributed by atoms with Crippen LogP contribution in [0.15, 0.2) is 41.8 Å². The molecule has 0 aliphatic carbocycles. The lowest BCUT2D eigenvalue weighted by Gasteiger charge is -2.04. The van der Waals surface area contributed by atoms with Gasteiger partial charge in [0.1, 0.15) is 5.84 Å². The summed E-state index contributed by atoms with van der Waals surface area (Å²) in [7, 11) is 0. The molecule has 0 spiro atoms. The molecule has 0 bridgehead atoms. The Morgan fingerprint density at radius 1 is 1.24 bits per heavy atom. The highest BCUT2D eigenvalue weighted by molar-refractivity contribution is 7.12. The summed E-state index contributed by atoms with van der Waals surface area (Å²) in [6.07, 6.45) is 0. The molecule has 0 aliphatic heterocycles. The molecule has 1 aromatic carbocycles. The summed E-state index contributed by atoms with van der Waals surface area (Å²) >= 11 is 1.39. The molecule has 1 heterocycles. The predicted molar refractivity (Wildman–Crippen MR) is 69.7 cm³/mol. The van der Waals surface area contributed by atoms with Crippen LogP contribution in [0.25, 0.3) is 0 Å². The average molecular weight is 245 g/mol. The van der Waals surface area contributed by atoms with E-state index in [1.54, 1.807) is 30.3 Å². The molecule has 86 valence electrons. The topological polar surface area (TPSA) is 79.0 Å². The largest absolute Gasteiger partial charge is 0.384 e. The van der Waals surface area contributed by atoms with E-state index in [-0.39, 0.29) is 11.7 Å². The minimum absolute atomic E-state index is 0.0149. The molecule has 17 heavy (non-hydrogen) atoms. The second-order valence-corrected chi connectivity index (χ2v) is 4.37. The molecule has 0 saturated carbocycles. The number of amidine groups is 1. The van der Waals surface area contributed by atoms with Crippen molar-refractivity contribution in [3.8, 4) is 0 Å². The Labute approximate surface area is 103 Å². The Kier molecular flexibility index (Phi) is 3.20. The van der Waals surface area contributed by atoms with E-state index >= 15 is 0 Å². The molecule has 0 radical (unpaired) electrons. The van der Waals surface area contributed by atoms with Crippen molar-refractivity contribution in [3.63, 3.8) is 0 Å². The molecule has 0 unspecified atom stereocenters. The number of amides is 1. The molecule has 0 aliphatic rings. The van der Waals surface area contributed by atoms with Crippen molar-refractivity contribution in [3.05, 3.63) is 52.2 Å². The van der Waals surface area contributed by atoms with E-state index in [0.717, 1.165) is 0 Å². The molecular weight excluding hydrogens is 234 g/mol. The quantitative estimate of drug-likeness (QED) is 0.573. The number of nitrogen functional groups attached to an aromatic ring is 1. The van der Waals surface area contributed by atoms with Crippen LogP contribution in [-0.2, 0) is 0 Å². The van der Waals surface area contributed by atoms with Gasteiger partial charge in [0.05, 0.1) is 4.88 Å². The maximum atomic E-state index is 11.7. The summed E-state index contributed by atoms with van der Waals surface area (Å²) in [6, 6.07) is 10.4. The minimum atomic E-state index is -0.129. The minimum Gasteiger partial charge on any atom is -0.384 e. The smallest absolute Gasteiger partial charge is 0.265 e. The standard InChI is InChI=1S/C12H11N3OS/c13-11(14)8-3-5-9(6-4-8)15-12(16)10-2-1-7-17-10/h1-7H,(H3,13,14)(H,15,16). The van der Waals surface area contributed by atoms with Gasteiger partial charge in [-0.3, -0.25) is 10.2 Å².